The molecule has 0 radical (unpaired) electrons. The summed E-state index contributed by atoms with van der Waals surface area (Å²) in [7, 11) is 0. The molecule has 1 aliphatic heterocycles. The van der Waals surface area contributed by atoms with Gasteiger partial charge in [-0.15, -0.1) is 0 Å². The van der Waals surface area contributed by atoms with Gasteiger partial charge < -0.3 is 15.2 Å². The molecule has 4 rings (SSSR count). The van der Waals surface area contributed by atoms with Crippen LogP contribution in [0.5, 0.6) is 0 Å². The molecule has 0 aliphatic carbocycles. The SMILES string of the molecule is CCCCN(C(=O)C(F)(F)F)c1ccc(-c2cc(-c3cc4c([nH]3)CCNC4=O)ccn2)cc1. The zero-order chi connectivity index (χ0) is 23.6. The van der Waals surface area contributed by atoms with Crippen molar-refractivity contribution in [1.29, 1.82) is 0 Å². The molecule has 9 heteroatoms. The summed E-state index contributed by atoms with van der Waals surface area (Å²) in [5.41, 5.74) is 4.65. The molecular formula is C24H23F3N4O2. The predicted octanol–water partition coefficient (Wildman–Crippen LogP) is 4.73. The Morgan fingerprint density at radius 2 is 1.88 bits per heavy atom. The Kier molecular flexibility index (Phi) is 6.22. The Bertz CT molecular complexity index is 1170. The Morgan fingerprint density at radius 3 is 2.55 bits per heavy atom. The van der Waals surface area contributed by atoms with Crippen LogP contribution in [0.2, 0.25) is 0 Å². The van der Waals surface area contributed by atoms with Crippen LogP contribution in [0.25, 0.3) is 22.5 Å². The third-order valence-electron chi connectivity index (χ3n) is 5.57. The third kappa shape index (κ3) is 4.76. The first-order valence-corrected chi connectivity index (χ1v) is 10.7. The zero-order valence-corrected chi connectivity index (χ0v) is 18.0. The molecule has 0 saturated carbocycles. The highest BCUT2D eigenvalue weighted by molar-refractivity contribution is 5.98. The monoisotopic (exact) mass is 456 g/mol. The van der Waals surface area contributed by atoms with Gasteiger partial charge >= 0.3 is 12.1 Å². The first-order valence-electron chi connectivity index (χ1n) is 10.7. The van der Waals surface area contributed by atoms with Crippen molar-refractivity contribution in [2.75, 3.05) is 18.0 Å². The van der Waals surface area contributed by atoms with E-state index in [2.05, 4.69) is 15.3 Å². The number of nitrogens with one attached hydrogen (secondary N) is 2. The highest BCUT2D eigenvalue weighted by atomic mass is 19.4. The Morgan fingerprint density at radius 1 is 1.12 bits per heavy atom. The molecule has 6 nitrogen and oxygen atoms in total. The topological polar surface area (TPSA) is 78.1 Å². The van der Waals surface area contributed by atoms with Gasteiger partial charge in [-0.1, -0.05) is 25.5 Å². The van der Waals surface area contributed by atoms with E-state index in [4.69, 9.17) is 0 Å². The number of alkyl halides is 3. The quantitative estimate of drug-likeness (QED) is 0.563. The molecule has 172 valence electrons. The average molecular weight is 456 g/mol. The standard InChI is InChI=1S/C24H23F3N4O2/c1-2-3-12-31(23(33)24(25,26)27)17-6-4-15(5-7-17)20-13-16(8-10-28-20)21-14-18-19(30-21)9-11-29-22(18)32/h4-8,10,13-14,30H,2-3,9,11-12H2,1H3,(H,29,32). The molecule has 0 unspecified atom stereocenters. The highest BCUT2D eigenvalue weighted by Gasteiger charge is 2.42. The summed E-state index contributed by atoms with van der Waals surface area (Å²) in [6.45, 7) is 2.43. The van der Waals surface area contributed by atoms with Crippen molar-refractivity contribution in [3.63, 3.8) is 0 Å². The number of halogens is 3. The molecule has 0 atom stereocenters. The minimum Gasteiger partial charge on any atom is -0.358 e. The molecule has 3 aromatic rings. The van der Waals surface area contributed by atoms with E-state index in [0.29, 0.717) is 36.2 Å². The molecule has 0 spiro atoms. The lowest BCUT2D eigenvalue weighted by Gasteiger charge is -2.24. The molecule has 0 fully saturated rings. The number of pyridine rings is 1. The Hall–Kier alpha value is -3.62. The summed E-state index contributed by atoms with van der Waals surface area (Å²) in [5, 5.41) is 2.81. The minimum absolute atomic E-state index is 0.00695. The van der Waals surface area contributed by atoms with Gasteiger partial charge in [0.2, 0.25) is 0 Å². The van der Waals surface area contributed by atoms with Gasteiger partial charge in [-0.2, -0.15) is 13.2 Å². The molecule has 0 saturated heterocycles. The van der Waals surface area contributed by atoms with Crippen molar-refractivity contribution in [3.8, 4) is 22.5 Å². The van der Waals surface area contributed by atoms with E-state index in [9.17, 15) is 22.8 Å². The van der Waals surface area contributed by atoms with E-state index in [1.165, 1.54) is 12.1 Å². The predicted molar refractivity (Wildman–Crippen MR) is 119 cm³/mol. The van der Waals surface area contributed by atoms with Crippen LogP contribution in [0.1, 0.15) is 35.8 Å². The third-order valence-corrected chi connectivity index (χ3v) is 5.57. The lowest BCUT2D eigenvalue weighted by Crippen LogP contribution is -2.41. The number of aromatic amines is 1. The van der Waals surface area contributed by atoms with Gasteiger partial charge in [0.15, 0.2) is 0 Å². The van der Waals surface area contributed by atoms with E-state index >= 15 is 0 Å². The second kappa shape index (κ2) is 9.09. The Balaban J connectivity index is 1.60. The van der Waals surface area contributed by atoms with Crippen LogP contribution >= 0.6 is 0 Å². The van der Waals surface area contributed by atoms with Gasteiger partial charge in [0.05, 0.1) is 11.3 Å². The van der Waals surface area contributed by atoms with Gasteiger partial charge in [-0.25, -0.2) is 0 Å². The maximum Gasteiger partial charge on any atom is 0.471 e. The molecule has 1 aromatic carbocycles. The van der Waals surface area contributed by atoms with E-state index in [1.54, 1.807) is 24.4 Å². The maximum atomic E-state index is 13.0. The molecule has 2 aromatic heterocycles. The number of H-pyrrole nitrogens is 1. The van der Waals surface area contributed by atoms with Crippen LogP contribution in [0.4, 0.5) is 18.9 Å². The molecule has 2 amide bonds. The number of anilines is 1. The molecule has 2 N–H and O–H groups in total. The summed E-state index contributed by atoms with van der Waals surface area (Å²) < 4.78 is 39.1. The summed E-state index contributed by atoms with van der Waals surface area (Å²) in [6.07, 6.45) is -1.44. The number of hydrogen-bond donors (Lipinski definition) is 2. The smallest absolute Gasteiger partial charge is 0.358 e. The second-order valence-corrected chi connectivity index (χ2v) is 7.87. The number of rotatable bonds is 6. The number of unbranched alkanes of at least 4 members (excludes halogenated alkanes) is 1. The van der Waals surface area contributed by atoms with Crippen LogP contribution in [-0.4, -0.2) is 41.0 Å². The Labute approximate surface area is 188 Å². The molecule has 0 bridgehead atoms. The number of hydrogen-bond acceptors (Lipinski definition) is 3. The number of fused-ring (bicyclic) bond motifs is 1. The van der Waals surface area contributed by atoms with E-state index in [0.717, 1.165) is 28.3 Å². The van der Waals surface area contributed by atoms with Crippen LogP contribution < -0.4 is 10.2 Å². The van der Waals surface area contributed by atoms with Crippen molar-refractivity contribution < 1.29 is 22.8 Å². The summed E-state index contributed by atoms with van der Waals surface area (Å²) >= 11 is 0. The van der Waals surface area contributed by atoms with Crippen molar-refractivity contribution >= 4 is 17.5 Å². The lowest BCUT2D eigenvalue weighted by molar-refractivity contribution is -0.170. The fourth-order valence-electron chi connectivity index (χ4n) is 3.83. The largest absolute Gasteiger partial charge is 0.471 e. The molecule has 33 heavy (non-hydrogen) atoms. The van der Waals surface area contributed by atoms with Crippen LogP contribution in [-0.2, 0) is 11.2 Å². The van der Waals surface area contributed by atoms with Gasteiger partial charge in [0, 0.05) is 53.9 Å². The second-order valence-electron chi connectivity index (χ2n) is 7.87. The van der Waals surface area contributed by atoms with Crippen molar-refractivity contribution in [2.24, 2.45) is 0 Å². The number of aromatic nitrogens is 2. The minimum atomic E-state index is -4.94. The lowest BCUT2D eigenvalue weighted by atomic mass is 10.1. The summed E-state index contributed by atoms with van der Waals surface area (Å²) in [6, 6.07) is 11.8. The normalized spacial score (nSPS) is 13.4. The van der Waals surface area contributed by atoms with Gasteiger partial charge in [0.25, 0.3) is 5.91 Å². The van der Waals surface area contributed by atoms with Crippen LogP contribution in [0.15, 0.2) is 48.7 Å². The average Bonchev–Trinajstić information content (AvgIpc) is 3.25. The number of carbonyl (C=O) groups is 2. The number of amides is 2. The fraction of sp³-hybridized carbons (Fsp3) is 0.292. The highest BCUT2D eigenvalue weighted by Crippen LogP contribution is 2.29. The number of nitrogens with zero attached hydrogens (tertiary/aromatic N) is 2. The van der Waals surface area contributed by atoms with Crippen LogP contribution in [0.3, 0.4) is 0 Å². The van der Waals surface area contributed by atoms with E-state index in [1.807, 2.05) is 19.1 Å². The summed E-state index contributed by atoms with van der Waals surface area (Å²) in [4.78, 5) is 32.4. The fourth-order valence-corrected chi connectivity index (χ4v) is 3.83. The van der Waals surface area contributed by atoms with Crippen LogP contribution in [0, 0.1) is 0 Å². The zero-order valence-electron chi connectivity index (χ0n) is 18.0. The molecule has 3 heterocycles. The maximum absolute atomic E-state index is 13.0. The van der Waals surface area contributed by atoms with Crippen molar-refractivity contribution in [3.05, 3.63) is 59.9 Å². The van der Waals surface area contributed by atoms with E-state index < -0.39 is 12.1 Å². The summed E-state index contributed by atoms with van der Waals surface area (Å²) in [5.74, 6) is -1.98. The van der Waals surface area contributed by atoms with Gasteiger partial charge in [-0.05, 0) is 36.8 Å². The van der Waals surface area contributed by atoms with Gasteiger partial charge in [-0.3, -0.25) is 14.6 Å². The molecular weight excluding hydrogens is 433 g/mol. The first kappa shape index (κ1) is 22.6. The molecule has 1 aliphatic rings. The van der Waals surface area contributed by atoms with Crippen molar-refractivity contribution in [2.45, 2.75) is 32.4 Å². The first-order chi connectivity index (χ1) is 15.8. The van der Waals surface area contributed by atoms with Crippen molar-refractivity contribution in [1.82, 2.24) is 15.3 Å². The van der Waals surface area contributed by atoms with E-state index in [-0.39, 0.29) is 18.1 Å². The number of benzene rings is 1. The number of carbonyl (C=O) groups excluding carboxylic acids is 2. The van der Waals surface area contributed by atoms with Gasteiger partial charge in [0.1, 0.15) is 0 Å².